The fourth-order valence-electron chi connectivity index (χ4n) is 8.68. The molecule has 3 saturated carbocycles. The van der Waals surface area contributed by atoms with E-state index in [1.54, 1.807) is 0 Å². The Morgan fingerprint density at radius 1 is 0.963 bits per heavy atom. The van der Waals surface area contributed by atoms with Gasteiger partial charge in [-0.15, -0.1) is 0 Å². The van der Waals surface area contributed by atoms with Crippen molar-refractivity contribution < 1.29 is 9.78 Å². The summed E-state index contributed by atoms with van der Waals surface area (Å²) < 4.78 is 0. The van der Waals surface area contributed by atoms with Crippen molar-refractivity contribution in [1.82, 2.24) is 0 Å². The molecule has 2 bridgehead atoms. The summed E-state index contributed by atoms with van der Waals surface area (Å²) in [5, 5.41) is 0. The summed E-state index contributed by atoms with van der Waals surface area (Å²) in [7, 11) is 0. The van der Waals surface area contributed by atoms with Crippen molar-refractivity contribution in [2.75, 3.05) is 0 Å². The van der Waals surface area contributed by atoms with Crippen LogP contribution < -0.4 is 0 Å². The van der Waals surface area contributed by atoms with Crippen molar-refractivity contribution in [3.8, 4) is 0 Å². The van der Waals surface area contributed by atoms with E-state index in [9.17, 15) is 0 Å². The van der Waals surface area contributed by atoms with E-state index in [-0.39, 0.29) is 16.6 Å². The van der Waals surface area contributed by atoms with Gasteiger partial charge in [-0.05, 0) is 69.6 Å². The summed E-state index contributed by atoms with van der Waals surface area (Å²) in [6, 6.07) is 0. The molecule has 0 aromatic carbocycles. The average molecular weight is 371 g/mol. The molecule has 8 atom stereocenters. The predicted molar refractivity (Wildman–Crippen MR) is 109 cm³/mol. The first-order valence-electron chi connectivity index (χ1n) is 11.5. The Balaban J connectivity index is 1.55. The van der Waals surface area contributed by atoms with Crippen LogP contribution in [0.15, 0.2) is 23.8 Å². The van der Waals surface area contributed by atoms with Gasteiger partial charge in [-0.25, -0.2) is 9.78 Å². The monoisotopic (exact) mass is 370 g/mol. The Kier molecular flexibility index (Phi) is 3.91. The molecule has 0 aromatic heterocycles. The van der Waals surface area contributed by atoms with Crippen LogP contribution in [0.2, 0.25) is 0 Å². The van der Waals surface area contributed by atoms with Crippen LogP contribution in [-0.2, 0) is 9.78 Å². The first-order valence-corrected chi connectivity index (χ1v) is 11.5. The molecule has 4 aliphatic carbocycles. The highest BCUT2D eigenvalue weighted by molar-refractivity contribution is 5.33. The van der Waals surface area contributed by atoms with E-state index in [1.807, 2.05) is 0 Å². The molecular weight excluding hydrogens is 332 g/mol. The largest absolute Gasteiger partial charge is 0.224 e. The smallest absolute Gasteiger partial charge is 0.128 e. The quantitative estimate of drug-likeness (QED) is 0.401. The summed E-state index contributed by atoms with van der Waals surface area (Å²) in [6.45, 7) is 12.0. The molecule has 2 spiro atoms. The van der Waals surface area contributed by atoms with E-state index < -0.39 is 0 Å². The molecule has 2 aliphatic heterocycles. The van der Waals surface area contributed by atoms with Gasteiger partial charge in [0.1, 0.15) is 11.2 Å². The lowest BCUT2D eigenvalue weighted by Crippen LogP contribution is -2.72. The first-order chi connectivity index (χ1) is 12.8. The zero-order chi connectivity index (χ0) is 19.1. The topological polar surface area (TPSA) is 18.5 Å². The third-order valence-corrected chi connectivity index (χ3v) is 9.88. The molecule has 0 radical (unpaired) electrons. The Morgan fingerprint density at radius 2 is 1.74 bits per heavy atom. The molecule has 150 valence electrons. The third kappa shape index (κ3) is 2.15. The molecule has 0 N–H and O–H groups in total. The molecule has 2 heteroatoms. The normalized spacial score (nSPS) is 54.0. The van der Waals surface area contributed by atoms with E-state index in [0.29, 0.717) is 23.2 Å². The molecule has 4 fully saturated rings. The van der Waals surface area contributed by atoms with Crippen LogP contribution in [0.5, 0.6) is 0 Å². The van der Waals surface area contributed by atoms with Crippen LogP contribution in [0.3, 0.4) is 0 Å². The number of rotatable bonds is 2. The molecule has 2 heterocycles. The van der Waals surface area contributed by atoms with Crippen LogP contribution in [0, 0.1) is 34.5 Å². The molecule has 2 nitrogen and oxygen atoms in total. The molecule has 6 rings (SSSR count). The van der Waals surface area contributed by atoms with Gasteiger partial charge in [0.2, 0.25) is 0 Å². The second-order valence-corrected chi connectivity index (χ2v) is 11.3. The maximum atomic E-state index is 6.48. The maximum Gasteiger partial charge on any atom is 0.128 e. The Bertz CT molecular complexity index is 690. The van der Waals surface area contributed by atoms with Crippen molar-refractivity contribution >= 4 is 0 Å². The summed E-state index contributed by atoms with van der Waals surface area (Å²) in [6.07, 6.45) is 17.8. The van der Waals surface area contributed by atoms with Gasteiger partial charge in [0.25, 0.3) is 0 Å². The van der Waals surface area contributed by atoms with Gasteiger partial charge < -0.3 is 0 Å². The molecule has 0 amide bonds. The van der Waals surface area contributed by atoms with E-state index in [2.05, 4.69) is 52.8 Å². The van der Waals surface area contributed by atoms with Crippen LogP contribution in [0.25, 0.3) is 0 Å². The highest BCUT2D eigenvalue weighted by atomic mass is 17.2. The Hall–Kier alpha value is -0.600. The second kappa shape index (κ2) is 5.72. The van der Waals surface area contributed by atoms with Crippen LogP contribution in [0.4, 0.5) is 0 Å². The van der Waals surface area contributed by atoms with Crippen molar-refractivity contribution in [3.05, 3.63) is 23.8 Å². The van der Waals surface area contributed by atoms with Crippen LogP contribution in [-0.4, -0.2) is 11.2 Å². The third-order valence-electron chi connectivity index (χ3n) is 9.88. The fourth-order valence-corrected chi connectivity index (χ4v) is 8.68. The molecule has 1 saturated heterocycles. The lowest BCUT2D eigenvalue weighted by molar-refractivity contribution is -0.495. The van der Waals surface area contributed by atoms with Crippen molar-refractivity contribution in [1.29, 1.82) is 0 Å². The standard InChI is InChI=1S/C25H38O2/c1-17(2)16-18(3)19-8-9-20-22(19,4)13-10-21-23(5)11-6-7-12-24(23)14-15-25(20,21)27-26-24/h14-16,18-21H,6-13H2,1-5H3. The van der Waals surface area contributed by atoms with Crippen LogP contribution >= 0.6 is 0 Å². The van der Waals surface area contributed by atoms with Gasteiger partial charge >= 0.3 is 0 Å². The Morgan fingerprint density at radius 3 is 2.44 bits per heavy atom. The van der Waals surface area contributed by atoms with Crippen LogP contribution in [0.1, 0.15) is 86.0 Å². The van der Waals surface area contributed by atoms with E-state index in [1.165, 1.54) is 50.5 Å². The maximum absolute atomic E-state index is 6.48. The molecule has 8 unspecified atom stereocenters. The molecule has 27 heavy (non-hydrogen) atoms. The number of hydrogen-bond donors (Lipinski definition) is 0. The predicted octanol–water partition coefficient (Wildman–Crippen LogP) is 6.62. The lowest BCUT2D eigenvalue weighted by atomic mass is 9.43. The van der Waals surface area contributed by atoms with Gasteiger partial charge in [-0.3, -0.25) is 0 Å². The summed E-state index contributed by atoms with van der Waals surface area (Å²) >= 11 is 0. The summed E-state index contributed by atoms with van der Waals surface area (Å²) in [4.78, 5) is 12.8. The van der Waals surface area contributed by atoms with E-state index >= 15 is 0 Å². The van der Waals surface area contributed by atoms with E-state index in [0.717, 1.165) is 12.3 Å². The highest BCUT2D eigenvalue weighted by Gasteiger charge is 2.73. The summed E-state index contributed by atoms with van der Waals surface area (Å²) in [5.41, 5.74) is 1.73. The number of fused-ring (bicyclic) bond motifs is 2. The molecule has 6 aliphatic rings. The minimum Gasteiger partial charge on any atom is -0.224 e. The highest BCUT2D eigenvalue weighted by Crippen LogP contribution is 2.72. The number of hydrogen-bond acceptors (Lipinski definition) is 2. The van der Waals surface area contributed by atoms with Gasteiger partial charge in [0.05, 0.1) is 0 Å². The van der Waals surface area contributed by atoms with E-state index in [4.69, 9.17) is 9.78 Å². The minimum atomic E-state index is -0.180. The lowest BCUT2D eigenvalue weighted by Gasteiger charge is -2.69. The average Bonchev–Trinajstić information content (AvgIpc) is 2.98. The second-order valence-electron chi connectivity index (χ2n) is 11.3. The minimum absolute atomic E-state index is 0.154. The van der Waals surface area contributed by atoms with Crippen molar-refractivity contribution in [2.24, 2.45) is 34.5 Å². The van der Waals surface area contributed by atoms with Gasteiger partial charge in [0.15, 0.2) is 0 Å². The molecule has 0 aromatic rings. The number of allylic oxidation sites excluding steroid dienone is 2. The van der Waals surface area contributed by atoms with Crippen molar-refractivity contribution in [3.63, 3.8) is 0 Å². The van der Waals surface area contributed by atoms with Gasteiger partial charge in [0, 0.05) is 17.3 Å². The zero-order valence-electron chi connectivity index (χ0n) is 18.0. The summed E-state index contributed by atoms with van der Waals surface area (Å²) in [5.74, 6) is 2.63. The first kappa shape index (κ1) is 18.4. The zero-order valence-corrected chi connectivity index (χ0v) is 18.0. The Labute approximate surface area is 165 Å². The van der Waals surface area contributed by atoms with Gasteiger partial charge in [-0.1, -0.05) is 57.4 Å². The molecular formula is C25H38O2. The fraction of sp³-hybridized carbons (Fsp3) is 0.840. The van der Waals surface area contributed by atoms with Crippen molar-refractivity contribution in [2.45, 2.75) is 97.2 Å². The SMILES string of the molecule is CC(C)=CC(C)C1CCC2C1(C)CCC1C23C=CC2(CCCCC12C)OO3. The van der Waals surface area contributed by atoms with Gasteiger partial charge in [-0.2, -0.15) is 0 Å².